The van der Waals surface area contributed by atoms with Gasteiger partial charge in [-0.2, -0.15) is 10.5 Å². The van der Waals surface area contributed by atoms with Gasteiger partial charge in [0.2, 0.25) is 5.78 Å². The highest BCUT2D eigenvalue weighted by Gasteiger charge is 2.16. The molecule has 3 aromatic rings. The smallest absolute Gasteiger partial charge is 0.270 e. The molecular weight excluding hydrogens is 394 g/mol. The van der Waals surface area contributed by atoms with Crippen molar-refractivity contribution in [3.63, 3.8) is 0 Å². The molecule has 0 aliphatic rings. The van der Waals surface area contributed by atoms with E-state index in [1.807, 2.05) is 6.07 Å². The van der Waals surface area contributed by atoms with Gasteiger partial charge in [-0.15, -0.1) is 0 Å². The maximum atomic E-state index is 12.7. The van der Waals surface area contributed by atoms with Crippen molar-refractivity contribution in [3.8, 4) is 17.9 Å². The molecule has 3 rings (SSSR count). The number of nitro groups is 1. The third-order valence-electron chi connectivity index (χ3n) is 4.38. The first kappa shape index (κ1) is 21.0. The summed E-state index contributed by atoms with van der Waals surface area (Å²) in [4.78, 5) is 23.1. The third-order valence-corrected chi connectivity index (χ3v) is 4.38. The molecule has 0 saturated heterocycles. The Hall–Kier alpha value is -4.75. The van der Waals surface area contributed by atoms with Crippen molar-refractivity contribution in [2.24, 2.45) is 0 Å². The Morgan fingerprint density at radius 2 is 1.77 bits per heavy atom. The second kappa shape index (κ2) is 9.64. The van der Waals surface area contributed by atoms with Crippen LogP contribution in [0.2, 0.25) is 0 Å². The van der Waals surface area contributed by atoms with Crippen molar-refractivity contribution >= 4 is 17.5 Å². The normalized spacial score (nSPS) is 10.6. The van der Waals surface area contributed by atoms with Gasteiger partial charge in [0.15, 0.2) is 0 Å². The van der Waals surface area contributed by atoms with Crippen LogP contribution in [0.15, 0.2) is 78.4 Å². The Balaban J connectivity index is 1.85. The SMILES string of the molecule is N#C/C(=C\c1ccccc1OCc1ccc(C#N)cc1)C(=O)c1cccc([N+](=O)[O-])c1. The molecule has 0 bridgehead atoms. The highest BCUT2D eigenvalue weighted by Crippen LogP contribution is 2.24. The van der Waals surface area contributed by atoms with Crippen molar-refractivity contribution < 1.29 is 14.5 Å². The fraction of sp³-hybridized carbons (Fsp3) is 0.0417. The predicted octanol–water partition coefficient (Wildman–Crippen LogP) is 4.84. The van der Waals surface area contributed by atoms with E-state index >= 15 is 0 Å². The minimum absolute atomic E-state index is 0.0537. The fourth-order valence-electron chi connectivity index (χ4n) is 2.79. The molecule has 150 valence electrons. The number of allylic oxidation sites excluding steroid dienone is 1. The zero-order valence-electron chi connectivity index (χ0n) is 16.2. The molecule has 0 N–H and O–H groups in total. The summed E-state index contributed by atoms with van der Waals surface area (Å²) in [7, 11) is 0. The van der Waals surface area contributed by atoms with Gasteiger partial charge in [-0.3, -0.25) is 14.9 Å². The van der Waals surface area contributed by atoms with Crippen LogP contribution in [-0.2, 0) is 6.61 Å². The van der Waals surface area contributed by atoms with E-state index in [2.05, 4.69) is 6.07 Å². The van der Waals surface area contributed by atoms with Crippen molar-refractivity contribution in [3.05, 3.63) is 111 Å². The number of hydrogen-bond acceptors (Lipinski definition) is 6. The summed E-state index contributed by atoms with van der Waals surface area (Å²) >= 11 is 0. The molecule has 7 nitrogen and oxygen atoms in total. The van der Waals surface area contributed by atoms with Crippen molar-refractivity contribution in [2.75, 3.05) is 0 Å². The number of nitriles is 2. The van der Waals surface area contributed by atoms with E-state index in [1.165, 1.54) is 24.3 Å². The highest BCUT2D eigenvalue weighted by molar-refractivity contribution is 6.14. The van der Waals surface area contributed by atoms with E-state index in [4.69, 9.17) is 10.00 Å². The number of ketones is 1. The third kappa shape index (κ3) is 5.20. The van der Waals surface area contributed by atoms with Crippen molar-refractivity contribution in [1.29, 1.82) is 10.5 Å². The van der Waals surface area contributed by atoms with Gasteiger partial charge in [-0.25, -0.2) is 0 Å². The number of non-ortho nitro benzene ring substituents is 1. The van der Waals surface area contributed by atoms with Crippen LogP contribution in [0.4, 0.5) is 5.69 Å². The molecule has 0 saturated carbocycles. The summed E-state index contributed by atoms with van der Waals surface area (Å²) in [6.07, 6.45) is 1.40. The average Bonchev–Trinajstić information content (AvgIpc) is 2.81. The lowest BCUT2D eigenvalue weighted by Gasteiger charge is -2.10. The molecule has 0 atom stereocenters. The molecule has 0 aromatic heterocycles. The number of Topliss-reactive ketones (excluding diaryl/α,β-unsaturated/α-hetero) is 1. The van der Waals surface area contributed by atoms with Gasteiger partial charge in [0.25, 0.3) is 5.69 Å². The quantitative estimate of drug-likeness (QED) is 0.181. The number of carbonyl (C=O) groups is 1. The van der Waals surface area contributed by atoms with Gasteiger partial charge in [-0.05, 0) is 29.8 Å². The van der Waals surface area contributed by atoms with Gasteiger partial charge in [0.05, 0.1) is 16.6 Å². The molecule has 0 unspecified atom stereocenters. The summed E-state index contributed by atoms with van der Waals surface area (Å²) in [5, 5.41) is 29.3. The number of nitrogens with zero attached hydrogens (tertiary/aromatic N) is 3. The van der Waals surface area contributed by atoms with Crippen molar-refractivity contribution in [2.45, 2.75) is 6.61 Å². The Labute approximate surface area is 178 Å². The van der Waals surface area contributed by atoms with Crippen LogP contribution in [-0.4, -0.2) is 10.7 Å². The Kier molecular flexibility index (Phi) is 6.52. The zero-order chi connectivity index (χ0) is 22.2. The van der Waals surface area contributed by atoms with Gasteiger partial charge < -0.3 is 4.74 Å². The topological polar surface area (TPSA) is 117 Å². The molecule has 0 heterocycles. The summed E-state index contributed by atoms with van der Waals surface area (Å²) in [6, 6.07) is 23.0. The number of rotatable bonds is 7. The Morgan fingerprint density at radius 1 is 1.03 bits per heavy atom. The number of para-hydroxylation sites is 1. The number of nitro benzene ring substituents is 1. The molecule has 0 aliphatic carbocycles. The number of carbonyl (C=O) groups excluding carboxylic acids is 1. The van der Waals surface area contributed by atoms with Crippen LogP contribution < -0.4 is 4.74 Å². The largest absolute Gasteiger partial charge is 0.488 e. The summed E-state index contributed by atoms with van der Waals surface area (Å²) in [5.74, 6) is -0.153. The monoisotopic (exact) mass is 409 g/mol. The zero-order valence-corrected chi connectivity index (χ0v) is 16.2. The van der Waals surface area contributed by atoms with E-state index in [9.17, 15) is 20.2 Å². The van der Waals surface area contributed by atoms with Crippen LogP contribution >= 0.6 is 0 Å². The van der Waals surface area contributed by atoms with Gasteiger partial charge in [0, 0.05) is 23.3 Å². The number of benzene rings is 3. The summed E-state index contributed by atoms with van der Waals surface area (Å²) in [5.41, 5.74) is 1.57. The van der Waals surface area contributed by atoms with E-state index < -0.39 is 10.7 Å². The lowest BCUT2D eigenvalue weighted by atomic mass is 10.0. The lowest BCUT2D eigenvalue weighted by Crippen LogP contribution is -2.03. The molecule has 0 radical (unpaired) electrons. The predicted molar refractivity (Wildman–Crippen MR) is 113 cm³/mol. The minimum atomic E-state index is -0.618. The second-order valence-electron chi connectivity index (χ2n) is 6.44. The minimum Gasteiger partial charge on any atom is -0.488 e. The molecule has 0 fully saturated rings. The second-order valence-corrected chi connectivity index (χ2v) is 6.44. The Bertz CT molecular complexity index is 1250. The molecule has 0 aliphatic heterocycles. The maximum absolute atomic E-state index is 12.7. The van der Waals surface area contributed by atoms with Gasteiger partial charge >= 0.3 is 0 Å². The summed E-state index contributed by atoms with van der Waals surface area (Å²) in [6.45, 7) is 0.233. The van der Waals surface area contributed by atoms with Crippen LogP contribution in [0.25, 0.3) is 6.08 Å². The first-order valence-electron chi connectivity index (χ1n) is 9.13. The standard InChI is InChI=1S/C24H15N3O4/c25-14-17-8-10-18(11-9-17)16-31-23-7-2-1-4-19(23)12-21(15-26)24(28)20-5-3-6-22(13-20)27(29)30/h1-13H,16H2/b21-12+. The first-order chi connectivity index (χ1) is 15.0. The molecule has 0 amide bonds. The van der Waals surface area contributed by atoms with E-state index in [0.717, 1.165) is 11.6 Å². The van der Waals surface area contributed by atoms with Gasteiger partial charge in [0.1, 0.15) is 24.0 Å². The number of ether oxygens (including phenoxy) is 1. The van der Waals surface area contributed by atoms with E-state index in [1.54, 1.807) is 48.5 Å². The van der Waals surface area contributed by atoms with Crippen LogP contribution in [0.3, 0.4) is 0 Å². The highest BCUT2D eigenvalue weighted by atomic mass is 16.6. The van der Waals surface area contributed by atoms with Crippen molar-refractivity contribution in [1.82, 2.24) is 0 Å². The average molecular weight is 409 g/mol. The molecule has 7 heteroatoms. The number of hydrogen-bond donors (Lipinski definition) is 0. The molecule has 3 aromatic carbocycles. The van der Waals surface area contributed by atoms with E-state index in [-0.39, 0.29) is 23.4 Å². The Morgan fingerprint density at radius 3 is 2.45 bits per heavy atom. The first-order valence-corrected chi connectivity index (χ1v) is 9.13. The van der Waals surface area contributed by atoms with Crippen LogP contribution in [0.5, 0.6) is 5.75 Å². The van der Waals surface area contributed by atoms with Gasteiger partial charge in [-0.1, -0.05) is 42.5 Å². The maximum Gasteiger partial charge on any atom is 0.270 e. The molecular formula is C24H15N3O4. The van der Waals surface area contributed by atoms with Crippen LogP contribution in [0, 0.1) is 32.8 Å². The van der Waals surface area contributed by atoms with Crippen LogP contribution in [0.1, 0.15) is 27.0 Å². The molecule has 31 heavy (non-hydrogen) atoms. The summed E-state index contributed by atoms with van der Waals surface area (Å²) < 4.78 is 5.84. The molecule has 0 spiro atoms. The lowest BCUT2D eigenvalue weighted by molar-refractivity contribution is -0.384. The fourth-order valence-corrected chi connectivity index (χ4v) is 2.79. The van der Waals surface area contributed by atoms with E-state index in [0.29, 0.717) is 16.9 Å².